The molecule has 0 N–H and O–H groups in total. The molecule has 0 aliphatic heterocycles. The molecule has 4 rings (SSSR count). The first kappa shape index (κ1) is 37.5. The second kappa shape index (κ2) is 15.8. The van der Waals surface area contributed by atoms with Crippen LogP contribution in [0.15, 0.2) is 48.5 Å². The Morgan fingerprint density at radius 2 is 1.13 bits per heavy atom. The summed E-state index contributed by atoms with van der Waals surface area (Å²) in [5.41, 5.74) is 3.96. The van der Waals surface area contributed by atoms with Gasteiger partial charge in [0.2, 0.25) is 0 Å². The van der Waals surface area contributed by atoms with E-state index in [2.05, 4.69) is 71.1 Å². The smallest absolute Gasteiger partial charge is 0.339 e. The maximum absolute atomic E-state index is 12.4. The highest BCUT2D eigenvalue weighted by Crippen LogP contribution is 2.36. The van der Waals surface area contributed by atoms with Gasteiger partial charge in [0.15, 0.2) is 12.2 Å². The van der Waals surface area contributed by atoms with Crippen molar-refractivity contribution in [3.8, 4) is 0 Å². The summed E-state index contributed by atoms with van der Waals surface area (Å²) in [5.74, 6) is -0.829. The monoisotopic (exact) mass is 904 g/mol. The van der Waals surface area contributed by atoms with Crippen molar-refractivity contribution in [1.29, 1.82) is 0 Å². The predicted octanol–water partition coefficient (Wildman–Crippen LogP) is 8.94. The van der Waals surface area contributed by atoms with Crippen molar-refractivity contribution in [2.24, 2.45) is 0 Å². The summed E-state index contributed by atoms with van der Waals surface area (Å²) in [4.78, 5) is 33.9. The maximum atomic E-state index is 12.4. The Balaban J connectivity index is 0.000000246. The van der Waals surface area contributed by atoms with E-state index in [0.29, 0.717) is 5.33 Å². The molecule has 11 heteroatoms. The van der Waals surface area contributed by atoms with E-state index in [1.54, 1.807) is 0 Å². The number of halogens is 3. The SMILES string of the molecule is COC(=O)[C@@H](OC(C)(C)C)c1c(C)nc2ccccc2c1I.COC(=O)[C@@H](OC(C)(C)C)c1c(CBr)nc2ccccc2c1I. The summed E-state index contributed by atoms with van der Waals surface area (Å²) in [6.45, 7) is 13.4. The largest absolute Gasteiger partial charge is 0.467 e. The summed E-state index contributed by atoms with van der Waals surface area (Å²) in [6.07, 6.45) is -1.59. The third kappa shape index (κ3) is 9.55. The molecular weight excluding hydrogens is 866 g/mol. The highest BCUT2D eigenvalue weighted by atomic mass is 127. The number of pyridine rings is 2. The number of rotatable bonds is 7. The molecule has 0 radical (unpaired) electrons. The Kier molecular flexibility index (Phi) is 13.1. The lowest BCUT2D eigenvalue weighted by molar-refractivity contribution is -0.164. The molecule has 2 aromatic heterocycles. The highest BCUT2D eigenvalue weighted by Gasteiger charge is 2.33. The molecule has 0 saturated heterocycles. The van der Waals surface area contributed by atoms with Crippen LogP contribution in [-0.4, -0.2) is 47.3 Å². The van der Waals surface area contributed by atoms with Gasteiger partial charge in [0.05, 0.1) is 42.1 Å². The lowest BCUT2D eigenvalue weighted by Crippen LogP contribution is -2.29. The van der Waals surface area contributed by atoms with Gasteiger partial charge < -0.3 is 18.9 Å². The van der Waals surface area contributed by atoms with E-state index in [1.807, 2.05) is 97.0 Å². The topological polar surface area (TPSA) is 96.8 Å². The molecule has 0 aliphatic rings. The lowest BCUT2D eigenvalue weighted by atomic mass is 10.0. The minimum absolute atomic E-state index is 0.409. The summed E-state index contributed by atoms with van der Waals surface area (Å²) in [5, 5.41) is 2.54. The number of benzene rings is 2. The van der Waals surface area contributed by atoms with Gasteiger partial charge in [-0.15, -0.1) is 0 Å². The molecule has 0 unspecified atom stereocenters. The van der Waals surface area contributed by atoms with E-state index >= 15 is 0 Å². The Hall–Kier alpha value is -1.94. The van der Waals surface area contributed by atoms with Crippen molar-refractivity contribution in [1.82, 2.24) is 9.97 Å². The second-order valence-electron chi connectivity index (χ2n) is 12.1. The third-order valence-electron chi connectivity index (χ3n) is 6.42. The zero-order valence-electron chi connectivity index (χ0n) is 27.0. The van der Waals surface area contributed by atoms with Gasteiger partial charge in [0, 0.05) is 40.1 Å². The Morgan fingerprint density at radius 1 is 0.733 bits per heavy atom. The van der Waals surface area contributed by atoms with Crippen molar-refractivity contribution in [3.63, 3.8) is 0 Å². The van der Waals surface area contributed by atoms with Crippen LogP contribution in [0.4, 0.5) is 0 Å². The molecule has 0 fully saturated rings. The molecule has 2 aromatic carbocycles. The van der Waals surface area contributed by atoms with E-state index < -0.39 is 35.3 Å². The first-order valence-corrected chi connectivity index (χ1v) is 17.5. The van der Waals surface area contributed by atoms with E-state index in [1.165, 1.54) is 14.2 Å². The number of alkyl halides is 1. The van der Waals surface area contributed by atoms with Crippen molar-refractivity contribution in [2.75, 3.05) is 14.2 Å². The van der Waals surface area contributed by atoms with Gasteiger partial charge in [-0.05, 0) is 106 Å². The minimum atomic E-state index is -0.809. The number of nitrogens with zero attached hydrogens (tertiary/aromatic N) is 2. The summed E-state index contributed by atoms with van der Waals surface area (Å²) >= 11 is 7.98. The summed E-state index contributed by atoms with van der Waals surface area (Å²) < 4.78 is 23.8. The number of hydrogen-bond donors (Lipinski definition) is 0. The fourth-order valence-corrected chi connectivity index (χ4v) is 7.19. The van der Waals surface area contributed by atoms with Crippen molar-refractivity contribution in [3.05, 3.63) is 78.2 Å². The lowest BCUT2D eigenvalue weighted by Gasteiger charge is -2.28. The van der Waals surface area contributed by atoms with E-state index in [9.17, 15) is 9.59 Å². The van der Waals surface area contributed by atoms with E-state index in [0.717, 1.165) is 51.5 Å². The molecule has 8 nitrogen and oxygen atoms in total. The van der Waals surface area contributed by atoms with Crippen LogP contribution in [0, 0.1) is 14.1 Å². The fraction of sp³-hybridized carbons (Fsp3) is 0.412. The molecule has 0 aliphatic carbocycles. The molecule has 2 heterocycles. The minimum Gasteiger partial charge on any atom is -0.467 e. The van der Waals surface area contributed by atoms with Crippen LogP contribution < -0.4 is 0 Å². The molecule has 0 saturated carbocycles. The predicted molar refractivity (Wildman–Crippen MR) is 197 cm³/mol. The number of aromatic nitrogens is 2. The van der Waals surface area contributed by atoms with Crippen molar-refractivity contribution >= 4 is 94.9 Å². The molecule has 0 spiro atoms. The van der Waals surface area contributed by atoms with Gasteiger partial charge in [0.25, 0.3) is 0 Å². The standard InChI is InChI=1S/C17H19BrINO3.C17H20INO3/c1-17(2,3)23-15(16(21)22-4)13-12(9-18)20-11-8-6-5-7-10(11)14(13)19;1-10-13(15(16(20)21-5)22-17(2,3)4)14(18)11-8-6-7-9-12(11)19-10/h5-8,15H,9H2,1-4H3;6-9,15H,1-5H3/t2*15-/m00/s1. The van der Waals surface area contributed by atoms with Gasteiger partial charge in [-0.3, -0.25) is 9.97 Å². The van der Waals surface area contributed by atoms with E-state index in [-0.39, 0.29) is 0 Å². The van der Waals surface area contributed by atoms with Gasteiger partial charge in [-0.1, -0.05) is 52.3 Å². The molecule has 45 heavy (non-hydrogen) atoms. The fourth-order valence-electron chi connectivity index (χ4n) is 4.58. The van der Waals surface area contributed by atoms with Crippen molar-refractivity contribution in [2.45, 2.75) is 77.2 Å². The molecule has 4 aromatic rings. The van der Waals surface area contributed by atoms with Gasteiger partial charge in [0.1, 0.15) is 0 Å². The quantitative estimate of drug-likeness (QED) is 0.103. The van der Waals surface area contributed by atoms with Crippen LogP contribution in [0.1, 0.15) is 76.3 Å². The Morgan fingerprint density at radius 3 is 1.56 bits per heavy atom. The third-order valence-corrected chi connectivity index (χ3v) is 9.28. The van der Waals surface area contributed by atoms with Crippen LogP contribution in [0.2, 0.25) is 0 Å². The summed E-state index contributed by atoms with van der Waals surface area (Å²) in [7, 11) is 2.74. The van der Waals surface area contributed by atoms with Crippen molar-refractivity contribution < 1.29 is 28.5 Å². The normalized spacial score (nSPS) is 13.2. The zero-order chi connectivity index (χ0) is 33.7. The average molecular weight is 905 g/mol. The average Bonchev–Trinajstić information content (AvgIpc) is 2.98. The van der Waals surface area contributed by atoms with Crippen LogP contribution in [0.5, 0.6) is 0 Å². The van der Waals surface area contributed by atoms with Crippen LogP contribution in [0.25, 0.3) is 21.8 Å². The van der Waals surface area contributed by atoms with Gasteiger partial charge in [-0.25, -0.2) is 9.59 Å². The number of methoxy groups -OCH3 is 2. The number of esters is 2. The number of carbonyl (C=O) groups is 2. The molecule has 0 amide bonds. The Bertz CT molecular complexity index is 1680. The van der Waals surface area contributed by atoms with Crippen LogP contribution in [0.3, 0.4) is 0 Å². The number of fused-ring (bicyclic) bond motifs is 2. The molecule has 0 bridgehead atoms. The summed E-state index contributed by atoms with van der Waals surface area (Å²) in [6, 6.07) is 15.7. The first-order chi connectivity index (χ1) is 21.0. The van der Waals surface area contributed by atoms with Crippen LogP contribution in [-0.2, 0) is 33.9 Å². The maximum Gasteiger partial charge on any atom is 0.339 e. The number of para-hydroxylation sites is 2. The second-order valence-corrected chi connectivity index (χ2v) is 14.9. The van der Waals surface area contributed by atoms with Crippen LogP contribution >= 0.6 is 61.1 Å². The Labute approximate surface area is 300 Å². The zero-order valence-corrected chi connectivity index (χ0v) is 32.9. The molecular formula is C34H39BrI2N2O6. The number of ether oxygens (including phenoxy) is 4. The number of aryl methyl sites for hydroxylation is 1. The highest BCUT2D eigenvalue weighted by molar-refractivity contribution is 14.1. The first-order valence-electron chi connectivity index (χ1n) is 14.2. The number of hydrogen-bond acceptors (Lipinski definition) is 8. The molecule has 242 valence electrons. The van der Waals surface area contributed by atoms with Gasteiger partial charge >= 0.3 is 11.9 Å². The van der Waals surface area contributed by atoms with Gasteiger partial charge in [-0.2, -0.15) is 0 Å². The van der Waals surface area contributed by atoms with E-state index in [4.69, 9.17) is 18.9 Å². The number of carbonyl (C=O) groups excluding carboxylic acids is 2. The molecule has 2 atom stereocenters.